The molecule has 10 nitrogen and oxygen atoms in total. The number of carboxylic acid groups (broad SMARTS) is 1. The Labute approximate surface area is 238 Å². The summed E-state index contributed by atoms with van der Waals surface area (Å²) < 4.78 is 51.3. The van der Waals surface area contributed by atoms with Crippen molar-refractivity contribution in [1.29, 1.82) is 0 Å². The number of nitrogens with one attached hydrogen (secondary N) is 1. The van der Waals surface area contributed by atoms with Crippen molar-refractivity contribution in [3.63, 3.8) is 0 Å². The summed E-state index contributed by atoms with van der Waals surface area (Å²) in [6, 6.07) is 6.65. The van der Waals surface area contributed by atoms with Gasteiger partial charge < -0.3 is 19.9 Å². The third kappa shape index (κ3) is 6.78. The Bertz CT molecular complexity index is 1590. The molecule has 2 aromatic heterocycles. The number of benzene rings is 2. The molecule has 13 heteroatoms. The maximum Gasteiger partial charge on any atom is 0.387 e. The van der Waals surface area contributed by atoms with Gasteiger partial charge >= 0.3 is 12.6 Å². The summed E-state index contributed by atoms with van der Waals surface area (Å²) in [6.07, 6.45) is 7.07. The number of rotatable bonds is 10. The summed E-state index contributed by atoms with van der Waals surface area (Å²) in [5.41, 5.74) is 1.90. The Balaban J connectivity index is 1.39. The van der Waals surface area contributed by atoms with Crippen molar-refractivity contribution in [2.75, 3.05) is 7.11 Å². The molecule has 2 N–H and O–H groups in total. The average Bonchev–Trinajstić information content (AvgIpc) is 3.35. The first-order valence-corrected chi connectivity index (χ1v) is 13.3. The zero-order valence-electron chi connectivity index (χ0n) is 22.6. The van der Waals surface area contributed by atoms with E-state index in [1.165, 1.54) is 54.6 Å². The van der Waals surface area contributed by atoms with Crippen LogP contribution in [0.25, 0.3) is 22.2 Å². The van der Waals surface area contributed by atoms with E-state index in [-0.39, 0.29) is 36.2 Å². The molecule has 0 spiro atoms. The van der Waals surface area contributed by atoms with Gasteiger partial charge in [0.2, 0.25) is 0 Å². The number of carboxylic acids is 1. The molecule has 0 bridgehead atoms. The van der Waals surface area contributed by atoms with Gasteiger partial charge in [-0.3, -0.25) is 24.2 Å². The predicted octanol–water partition coefficient (Wildman–Crippen LogP) is 5.05. The molecule has 4 aromatic rings. The van der Waals surface area contributed by atoms with E-state index < -0.39 is 24.3 Å². The number of aromatic nitrogens is 4. The highest BCUT2D eigenvalue weighted by molar-refractivity contribution is 6.06. The van der Waals surface area contributed by atoms with Crippen LogP contribution in [0.15, 0.2) is 48.9 Å². The third-order valence-corrected chi connectivity index (χ3v) is 7.24. The van der Waals surface area contributed by atoms with Gasteiger partial charge in [-0.2, -0.15) is 13.9 Å². The second-order valence-electron chi connectivity index (χ2n) is 10.2. The van der Waals surface area contributed by atoms with Crippen molar-refractivity contribution in [2.24, 2.45) is 5.92 Å². The Morgan fingerprint density at radius 3 is 2.50 bits per heavy atom. The van der Waals surface area contributed by atoms with Gasteiger partial charge in [-0.15, -0.1) is 0 Å². The van der Waals surface area contributed by atoms with Crippen molar-refractivity contribution < 1.29 is 37.3 Å². The fraction of sp³-hybridized carbons (Fsp3) is 0.345. The number of nitrogens with zero attached hydrogens (tertiary/aromatic N) is 4. The molecule has 5 rings (SSSR count). The van der Waals surface area contributed by atoms with Crippen molar-refractivity contribution >= 4 is 22.8 Å². The lowest BCUT2D eigenvalue weighted by Crippen LogP contribution is -2.38. The van der Waals surface area contributed by atoms with E-state index in [9.17, 15) is 22.8 Å². The van der Waals surface area contributed by atoms with Crippen LogP contribution < -0.4 is 14.8 Å². The topological polar surface area (TPSA) is 128 Å². The van der Waals surface area contributed by atoms with Gasteiger partial charge in [0.05, 0.1) is 54.7 Å². The molecule has 0 aliphatic heterocycles. The van der Waals surface area contributed by atoms with Crippen LogP contribution in [0.4, 0.5) is 13.2 Å². The maximum absolute atomic E-state index is 13.9. The molecular formula is C29H28F3N5O5. The van der Waals surface area contributed by atoms with Crippen LogP contribution in [0.3, 0.4) is 0 Å². The molecule has 1 saturated carbocycles. The van der Waals surface area contributed by atoms with E-state index >= 15 is 0 Å². The van der Waals surface area contributed by atoms with Crippen LogP contribution in [0, 0.1) is 11.7 Å². The summed E-state index contributed by atoms with van der Waals surface area (Å²) in [5, 5.41) is 16.8. The van der Waals surface area contributed by atoms with Crippen molar-refractivity contribution in [2.45, 2.75) is 51.3 Å². The minimum Gasteiger partial charge on any atom is -0.497 e. The molecule has 0 saturated heterocycles. The maximum atomic E-state index is 13.9. The van der Waals surface area contributed by atoms with E-state index in [2.05, 4.69) is 25.1 Å². The number of amides is 1. The molecule has 2 aromatic carbocycles. The molecule has 1 amide bonds. The minimum atomic E-state index is -3.08. The molecule has 1 aliphatic rings. The highest BCUT2D eigenvalue weighted by atomic mass is 19.3. The molecular weight excluding hydrogens is 555 g/mol. The normalized spacial score (nSPS) is 16.9. The minimum absolute atomic E-state index is 0.0574. The van der Waals surface area contributed by atoms with E-state index in [4.69, 9.17) is 9.84 Å². The van der Waals surface area contributed by atoms with Crippen molar-refractivity contribution in [3.8, 4) is 22.8 Å². The van der Waals surface area contributed by atoms with Gasteiger partial charge in [0, 0.05) is 29.5 Å². The predicted molar refractivity (Wildman–Crippen MR) is 145 cm³/mol. The summed E-state index contributed by atoms with van der Waals surface area (Å²) in [5.74, 6) is -1.59. The largest absolute Gasteiger partial charge is 0.497 e. The number of alkyl halides is 2. The van der Waals surface area contributed by atoms with Crippen LogP contribution in [0.1, 0.15) is 48.2 Å². The summed E-state index contributed by atoms with van der Waals surface area (Å²) in [6.45, 7) is -2.97. The molecule has 0 unspecified atom stereocenters. The monoisotopic (exact) mass is 583 g/mol. The highest BCUT2D eigenvalue weighted by Gasteiger charge is 2.26. The third-order valence-electron chi connectivity index (χ3n) is 7.24. The van der Waals surface area contributed by atoms with Crippen LogP contribution >= 0.6 is 0 Å². The van der Waals surface area contributed by atoms with Crippen LogP contribution in [0.5, 0.6) is 11.5 Å². The lowest BCUT2D eigenvalue weighted by Gasteiger charge is -2.28. The van der Waals surface area contributed by atoms with Gasteiger partial charge in [-0.25, -0.2) is 4.39 Å². The molecule has 2 heterocycles. The number of carbonyl (C=O) groups excluding carboxylic acids is 1. The van der Waals surface area contributed by atoms with Crippen molar-refractivity contribution in [1.82, 2.24) is 25.1 Å². The highest BCUT2D eigenvalue weighted by Crippen LogP contribution is 2.30. The van der Waals surface area contributed by atoms with Gasteiger partial charge in [0.25, 0.3) is 5.91 Å². The van der Waals surface area contributed by atoms with E-state index in [1.807, 2.05) is 0 Å². The number of fused-ring (bicyclic) bond motifs is 1. The first-order chi connectivity index (χ1) is 20.2. The van der Waals surface area contributed by atoms with Gasteiger partial charge in [-0.05, 0) is 55.9 Å². The van der Waals surface area contributed by atoms with Gasteiger partial charge in [0.1, 0.15) is 17.3 Å². The van der Waals surface area contributed by atoms with Gasteiger partial charge in [0.15, 0.2) is 0 Å². The number of aliphatic carboxylic acids is 1. The smallest absolute Gasteiger partial charge is 0.387 e. The van der Waals surface area contributed by atoms with Crippen LogP contribution in [0.2, 0.25) is 0 Å². The molecule has 1 fully saturated rings. The first kappa shape index (κ1) is 28.8. The fourth-order valence-electron chi connectivity index (χ4n) is 5.26. The summed E-state index contributed by atoms with van der Waals surface area (Å²) >= 11 is 0. The van der Waals surface area contributed by atoms with Gasteiger partial charge in [-0.1, -0.05) is 0 Å². The fourth-order valence-corrected chi connectivity index (χ4v) is 5.26. The second kappa shape index (κ2) is 12.5. The standard InChI is InChI=1S/C29H28F3N5O5/c1-41-22-8-17(7-19(30)10-22)25-14-33-21(13-34-25)15-37-27-18(12-35-37)9-23(42-29(31)32)11-24(27)28(40)36-20-4-2-16(3-5-20)6-26(38)39/h7-14,16,20,29H,2-6,15H2,1H3,(H,36,40)(H,38,39). The molecule has 1 aliphatic carbocycles. The summed E-state index contributed by atoms with van der Waals surface area (Å²) in [4.78, 5) is 33.3. The van der Waals surface area contributed by atoms with Crippen LogP contribution in [-0.4, -0.2) is 56.5 Å². The number of methoxy groups -OCH3 is 1. The zero-order valence-corrected chi connectivity index (χ0v) is 22.6. The number of halogens is 3. The lowest BCUT2D eigenvalue weighted by atomic mass is 9.84. The Morgan fingerprint density at radius 1 is 1.05 bits per heavy atom. The second-order valence-corrected chi connectivity index (χ2v) is 10.2. The number of hydrogen-bond acceptors (Lipinski definition) is 7. The van der Waals surface area contributed by atoms with Crippen molar-refractivity contribution in [3.05, 3.63) is 66.0 Å². The Hall–Kier alpha value is -4.68. The molecule has 220 valence electrons. The van der Waals surface area contributed by atoms with Crippen LogP contribution in [-0.2, 0) is 11.3 Å². The first-order valence-electron chi connectivity index (χ1n) is 13.3. The Kier molecular flexibility index (Phi) is 8.55. The Morgan fingerprint density at radius 2 is 1.83 bits per heavy atom. The molecule has 0 atom stereocenters. The quantitative estimate of drug-likeness (QED) is 0.265. The SMILES string of the molecule is COc1cc(F)cc(-c2cnc(Cn3ncc4cc(OC(F)F)cc(C(=O)NC5CCC(CC(=O)O)CC5)c43)cn2)c1. The zero-order chi connectivity index (χ0) is 29.8. The number of carbonyl (C=O) groups is 2. The van der Waals surface area contributed by atoms with E-state index in [0.29, 0.717) is 59.3 Å². The van der Waals surface area contributed by atoms with E-state index in [1.54, 1.807) is 6.07 Å². The molecule has 42 heavy (non-hydrogen) atoms. The molecule has 0 radical (unpaired) electrons. The lowest BCUT2D eigenvalue weighted by molar-refractivity contribution is -0.138. The number of hydrogen-bond donors (Lipinski definition) is 2. The van der Waals surface area contributed by atoms with E-state index in [0.717, 1.165) is 0 Å². The summed E-state index contributed by atoms with van der Waals surface area (Å²) in [7, 11) is 1.44. The number of ether oxygens (including phenoxy) is 2. The average molecular weight is 584 g/mol.